The molecule has 3 rings (SSSR count). The van der Waals surface area contributed by atoms with Crippen molar-refractivity contribution in [3.63, 3.8) is 0 Å². The largest absolute Gasteiger partial charge is 0.348 e. The Morgan fingerprint density at radius 2 is 1.77 bits per heavy atom. The summed E-state index contributed by atoms with van der Waals surface area (Å²) in [5.41, 5.74) is 3.05. The van der Waals surface area contributed by atoms with Gasteiger partial charge in [-0.25, -0.2) is 0 Å². The maximum atomic E-state index is 12.2. The molecule has 0 unspecified atom stereocenters. The zero-order valence-electron chi connectivity index (χ0n) is 12.7. The number of thioether (sulfide) groups is 1. The normalized spacial score (nSPS) is 10.8. The minimum absolute atomic E-state index is 0.0411. The van der Waals surface area contributed by atoms with Crippen molar-refractivity contribution in [2.75, 3.05) is 6.26 Å². The van der Waals surface area contributed by atoms with E-state index in [0.29, 0.717) is 12.1 Å². The van der Waals surface area contributed by atoms with Crippen molar-refractivity contribution in [2.24, 2.45) is 7.05 Å². The Bertz CT molecular complexity index is 809. The molecule has 0 atom stereocenters. The highest BCUT2D eigenvalue weighted by molar-refractivity contribution is 7.98. The number of rotatable bonds is 4. The van der Waals surface area contributed by atoms with Crippen molar-refractivity contribution in [1.29, 1.82) is 0 Å². The van der Waals surface area contributed by atoms with Gasteiger partial charge in [-0.2, -0.15) is 0 Å². The van der Waals surface area contributed by atoms with Gasteiger partial charge in [0.15, 0.2) is 0 Å². The molecule has 3 aromatic rings. The van der Waals surface area contributed by atoms with E-state index in [-0.39, 0.29) is 5.91 Å². The molecule has 2 aromatic carbocycles. The number of benzene rings is 2. The summed E-state index contributed by atoms with van der Waals surface area (Å²) >= 11 is 1.71. The van der Waals surface area contributed by atoms with Crippen molar-refractivity contribution in [3.05, 3.63) is 65.7 Å². The van der Waals surface area contributed by atoms with E-state index >= 15 is 0 Å². The number of hydrogen-bond acceptors (Lipinski definition) is 2. The van der Waals surface area contributed by atoms with Crippen LogP contribution in [0.25, 0.3) is 10.9 Å². The van der Waals surface area contributed by atoms with Gasteiger partial charge < -0.3 is 9.88 Å². The monoisotopic (exact) mass is 310 g/mol. The average Bonchev–Trinajstić information content (AvgIpc) is 2.85. The van der Waals surface area contributed by atoms with Gasteiger partial charge in [-0.15, -0.1) is 11.8 Å². The zero-order valence-corrected chi connectivity index (χ0v) is 13.5. The van der Waals surface area contributed by atoms with Crippen molar-refractivity contribution < 1.29 is 4.79 Å². The molecular formula is C18H18N2OS. The molecule has 1 aromatic heterocycles. The van der Waals surface area contributed by atoms with Crippen LogP contribution in [0.2, 0.25) is 0 Å². The number of para-hydroxylation sites is 1. The molecular weight excluding hydrogens is 292 g/mol. The molecule has 0 saturated heterocycles. The summed E-state index contributed by atoms with van der Waals surface area (Å²) in [4.78, 5) is 12.2. The van der Waals surface area contributed by atoms with Crippen LogP contribution in [-0.4, -0.2) is 16.7 Å². The molecule has 1 N–H and O–H groups in total. The minimum atomic E-state index is -0.0411. The molecule has 0 fully saturated rings. The van der Waals surface area contributed by atoms with E-state index in [9.17, 15) is 4.79 Å². The van der Waals surface area contributed by atoms with Crippen LogP contribution in [0.4, 0.5) is 0 Å². The number of aryl methyl sites for hydroxylation is 1. The van der Waals surface area contributed by atoms with Crippen LogP contribution < -0.4 is 5.32 Å². The molecule has 4 heteroatoms. The predicted octanol–water partition coefficient (Wildman–Crippen LogP) is 3.83. The van der Waals surface area contributed by atoms with Gasteiger partial charge in [-0.3, -0.25) is 4.79 Å². The number of nitrogens with one attached hydrogen (secondary N) is 1. The average molecular weight is 310 g/mol. The summed E-state index contributed by atoms with van der Waals surface area (Å²) in [5.74, 6) is -0.0411. The van der Waals surface area contributed by atoms with Crippen LogP contribution in [0.3, 0.4) is 0 Å². The number of amides is 1. The van der Waals surface area contributed by atoms with Crippen molar-refractivity contribution >= 4 is 28.6 Å². The van der Waals surface area contributed by atoms with Crippen molar-refractivity contribution in [3.8, 4) is 0 Å². The minimum Gasteiger partial charge on any atom is -0.348 e. The molecule has 0 aliphatic heterocycles. The molecule has 0 radical (unpaired) electrons. The van der Waals surface area contributed by atoms with E-state index in [4.69, 9.17) is 0 Å². The molecule has 0 saturated carbocycles. The first kappa shape index (κ1) is 14.7. The second-order valence-electron chi connectivity index (χ2n) is 5.11. The molecule has 0 bridgehead atoms. The van der Waals surface area contributed by atoms with Crippen LogP contribution in [0, 0.1) is 0 Å². The van der Waals surface area contributed by atoms with Gasteiger partial charge in [0, 0.05) is 35.6 Å². The fourth-order valence-corrected chi connectivity index (χ4v) is 3.54. The second-order valence-corrected chi connectivity index (χ2v) is 5.91. The van der Waals surface area contributed by atoms with Gasteiger partial charge in [0.1, 0.15) is 0 Å². The fourth-order valence-electron chi connectivity index (χ4n) is 2.74. The summed E-state index contributed by atoms with van der Waals surface area (Å²) in [5, 5.41) is 5.42. The summed E-state index contributed by atoms with van der Waals surface area (Å²) < 4.78 is 2.18. The van der Waals surface area contributed by atoms with Crippen molar-refractivity contribution in [2.45, 2.75) is 11.6 Å². The van der Waals surface area contributed by atoms with E-state index in [2.05, 4.69) is 35.3 Å². The lowest BCUT2D eigenvalue weighted by atomic mass is 10.1. The third-order valence-electron chi connectivity index (χ3n) is 3.81. The first-order chi connectivity index (χ1) is 10.7. The van der Waals surface area contributed by atoms with Gasteiger partial charge in [0.05, 0.1) is 5.03 Å². The molecule has 22 heavy (non-hydrogen) atoms. The van der Waals surface area contributed by atoms with E-state index in [1.165, 1.54) is 21.5 Å². The van der Waals surface area contributed by atoms with Gasteiger partial charge in [0.2, 0.25) is 0 Å². The van der Waals surface area contributed by atoms with E-state index in [1.807, 2.05) is 42.5 Å². The van der Waals surface area contributed by atoms with Gasteiger partial charge in [-0.05, 0) is 24.5 Å². The maximum Gasteiger partial charge on any atom is 0.251 e. The van der Waals surface area contributed by atoms with E-state index in [1.54, 1.807) is 11.8 Å². The third-order valence-corrected chi connectivity index (χ3v) is 4.72. The van der Waals surface area contributed by atoms with Gasteiger partial charge in [0.25, 0.3) is 5.91 Å². The first-order valence-corrected chi connectivity index (χ1v) is 8.38. The Hall–Kier alpha value is -2.20. The molecule has 0 spiro atoms. The lowest BCUT2D eigenvalue weighted by molar-refractivity contribution is 0.0951. The second kappa shape index (κ2) is 6.28. The molecule has 112 valence electrons. The van der Waals surface area contributed by atoms with Crippen LogP contribution in [0.1, 0.15) is 15.9 Å². The molecule has 0 aliphatic rings. The molecule has 0 aliphatic carbocycles. The Balaban J connectivity index is 1.89. The van der Waals surface area contributed by atoms with E-state index in [0.717, 1.165) is 0 Å². The predicted molar refractivity (Wildman–Crippen MR) is 92.3 cm³/mol. The summed E-state index contributed by atoms with van der Waals surface area (Å²) in [6, 6.07) is 17.6. The standard InChI is InChI=1S/C18H18N2OS/c1-20-16-11-7-6-10-14(16)15(18(20)22-2)12-19-17(21)13-8-4-3-5-9-13/h3-11H,12H2,1-2H3,(H,19,21). The SMILES string of the molecule is CSc1c(CNC(=O)c2ccccc2)c2ccccc2n1C. The lowest BCUT2D eigenvalue weighted by Crippen LogP contribution is -2.22. The molecule has 1 heterocycles. The topological polar surface area (TPSA) is 34.0 Å². The van der Waals surface area contributed by atoms with Gasteiger partial charge >= 0.3 is 0 Å². The Kier molecular flexibility index (Phi) is 4.20. The zero-order chi connectivity index (χ0) is 15.5. The number of nitrogens with zero attached hydrogens (tertiary/aromatic N) is 1. The summed E-state index contributed by atoms with van der Waals surface area (Å²) in [6.07, 6.45) is 2.07. The summed E-state index contributed by atoms with van der Waals surface area (Å²) in [6.45, 7) is 0.533. The highest BCUT2D eigenvalue weighted by Gasteiger charge is 2.15. The lowest BCUT2D eigenvalue weighted by Gasteiger charge is -2.07. The fraction of sp³-hybridized carbons (Fsp3) is 0.167. The Morgan fingerprint density at radius 1 is 1.09 bits per heavy atom. The van der Waals surface area contributed by atoms with Crippen molar-refractivity contribution in [1.82, 2.24) is 9.88 Å². The first-order valence-electron chi connectivity index (χ1n) is 7.16. The summed E-state index contributed by atoms with van der Waals surface area (Å²) in [7, 11) is 2.07. The third kappa shape index (κ3) is 2.62. The number of fused-ring (bicyclic) bond motifs is 1. The van der Waals surface area contributed by atoms with Gasteiger partial charge in [-0.1, -0.05) is 36.4 Å². The Morgan fingerprint density at radius 3 is 2.50 bits per heavy atom. The number of hydrogen-bond donors (Lipinski definition) is 1. The van der Waals surface area contributed by atoms with Crippen LogP contribution in [0.15, 0.2) is 59.6 Å². The smallest absolute Gasteiger partial charge is 0.251 e. The molecule has 1 amide bonds. The number of aromatic nitrogens is 1. The Labute approximate surface area is 134 Å². The number of carbonyl (C=O) groups excluding carboxylic acids is 1. The number of carbonyl (C=O) groups is 1. The highest BCUT2D eigenvalue weighted by atomic mass is 32.2. The molecule has 3 nitrogen and oxygen atoms in total. The van der Waals surface area contributed by atoms with E-state index < -0.39 is 0 Å². The quantitative estimate of drug-likeness (QED) is 0.743. The maximum absolute atomic E-state index is 12.2. The van der Waals surface area contributed by atoms with Crippen LogP contribution in [0.5, 0.6) is 0 Å². The van der Waals surface area contributed by atoms with Crippen LogP contribution >= 0.6 is 11.8 Å². The van der Waals surface area contributed by atoms with Crippen LogP contribution in [-0.2, 0) is 13.6 Å². The highest BCUT2D eigenvalue weighted by Crippen LogP contribution is 2.31.